The van der Waals surface area contributed by atoms with Gasteiger partial charge in [-0.15, -0.1) is 22.6 Å². The Kier molecular flexibility index (Phi) is 6.94. The molecule has 1 aliphatic rings. The first-order chi connectivity index (χ1) is 11.1. The van der Waals surface area contributed by atoms with Crippen LogP contribution in [0, 0.1) is 0 Å². The third-order valence-electron chi connectivity index (χ3n) is 3.54. The van der Waals surface area contributed by atoms with Crippen molar-refractivity contribution in [1.82, 2.24) is 15.5 Å². The van der Waals surface area contributed by atoms with E-state index in [9.17, 15) is 4.79 Å². The fraction of sp³-hybridized carbons (Fsp3) is 0.400. The van der Waals surface area contributed by atoms with E-state index in [0.29, 0.717) is 29.7 Å². The number of nitrogens with zero attached hydrogens (tertiary/aromatic N) is 2. The minimum atomic E-state index is -0.371. The summed E-state index contributed by atoms with van der Waals surface area (Å²) in [4.78, 5) is 12.3. The molecule has 2 N–H and O–H groups in total. The summed E-state index contributed by atoms with van der Waals surface area (Å²) in [6.45, 7) is 3.16. The number of rotatable bonds is 4. The van der Waals surface area contributed by atoms with Gasteiger partial charge in [-0.25, -0.2) is 0 Å². The van der Waals surface area contributed by atoms with Gasteiger partial charge in [0, 0.05) is 18.0 Å². The van der Waals surface area contributed by atoms with Gasteiger partial charge in [0.05, 0.1) is 12.7 Å². The monoisotopic (exact) mass is 388 g/mol. The van der Waals surface area contributed by atoms with E-state index < -0.39 is 0 Å². The Morgan fingerprint density at radius 3 is 3.08 bits per heavy atom. The standard InChI is InChI=1S/C15H17ClN4O2S.ClH/c1-9-13(17-5-6-22-9)14(21)18-15-20-19-12(23-15)8-10-3-2-4-11(16)7-10;/h2-4,7,9,13,17H,5-6,8H2,1H3,(H,18,20,21);1H/t9-,13+;/m1./s1. The third-order valence-corrected chi connectivity index (χ3v) is 4.61. The van der Waals surface area contributed by atoms with Gasteiger partial charge >= 0.3 is 0 Å². The molecule has 3 rings (SSSR count). The Balaban J connectivity index is 0.00000208. The lowest BCUT2D eigenvalue weighted by Crippen LogP contribution is -2.53. The SMILES string of the molecule is C[C@H]1OCCN[C@@H]1C(=O)Nc1nnc(Cc2cccc(Cl)c2)s1.Cl. The van der Waals surface area contributed by atoms with E-state index in [1.54, 1.807) is 0 Å². The normalized spacial score (nSPS) is 20.2. The van der Waals surface area contributed by atoms with Crippen LogP contribution in [0.2, 0.25) is 5.02 Å². The Morgan fingerprint density at radius 1 is 1.50 bits per heavy atom. The van der Waals surface area contributed by atoms with Crippen LogP contribution in [0.1, 0.15) is 17.5 Å². The Labute approximate surface area is 155 Å². The van der Waals surface area contributed by atoms with E-state index in [1.807, 2.05) is 31.2 Å². The topological polar surface area (TPSA) is 76.1 Å². The van der Waals surface area contributed by atoms with Crippen LogP contribution in [0.25, 0.3) is 0 Å². The molecule has 0 saturated carbocycles. The first-order valence-corrected chi connectivity index (χ1v) is 8.54. The van der Waals surface area contributed by atoms with Gasteiger partial charge in [0.25, 0.3) is 0 Å². The number of carbonyl (C=O) groups excluding carboxylic acids is 1. The minimum Gasteiger partial charge on any atom is -0.375 e. The van der Waals surface area contributed by atoms with E-state index >= 15 is 0 Å². The number of morpholine rings is 1. The van der Waals surface area contributed by atoms with E-state index in [2.05, 4.69) is 20.8 Å². The summed E-state index contributed by atoms with van der Waals surface area (Å²) in [7, 11) is 0. The molecule has 2 atom stereocenters. The highest BCUT2D eigenvalue weighted by atomic mass is 35.5. The molecule has 0 radical (unpaired) electrons. The number of hydrogen-bond acceptors (Lipinski definition) is 6. The molecule has 1 aliphatic heterocycles. The predicted molar refractivity (Wildman–Crippen MR) is 97.2 cm³/mol. The average Bonchev–Trinajstić information content (AvgIpc) is 2.94. The molecule has 6 nitrogen and oxygen atoms in total. The van der Waals surface area contributed by atoms with Crippen LogP contribution >= 0.6 is 35.3 Å². The molecular weight excluding hydrogens is 371 g/mol. The van der Waals surface area contributed by atoms with Crippen LogP contribution in [0.15, 0.2) is 24.3 Å². The van der Waals surface area contributed by atoms with Crippen molar-refractivity contribution >= 4 is 46.4 Å². The van der Waals surface area contributed by atoms with Crippen molar-refractivity contribution in [2.75, 3.05) is 18.5 Å². The lowest BCUT2D eigenvalue weighted by atomic mass is 10.1. The zero-order valence-corrected chi connectivity index (χ0v) is 15.4. The quantitative estimate of drug-likeness (QED) is 0.841. The summed E-state index contributed by atoms with van der Waals surface area (Å²) >= 11 is 7.34. The highest BCUT2D eigenvalue weighted by Crippen LogP contribution is 2.20. The number of halogens is 2. The number of benzene rings is 1. The van der Waals surface area contributed by atoms with Crippen LogP contribution in [-0.2, 0) is 16.0 Å². The summed E-state index contributed by atoms with van der Waals surface area (Å²) in [5.41, 5.74) is 1.06. The van der Waals surface area contributed by atoms with Crippen molar-refractivity contribution in [3.8, 4) is 0 Å². The maximum atomic E-state index is 12.3. The van der Waals surface area contributed by atoms with Crippen LogP contribution in [-0.4, -0.2) is 41.4 Å². The molecule has 2 aromatic rings. The zero-order chi connectivity index (χ0) is 16.2. The Morgan fingerprint density at radius 2 is 2.33 bits per heavy atom. The highest BCUT2D eigenvalue weighted by Gasteiger charge is 2.28. The molecule has 24 heavy (non-hydrogen) atoms. The van der Waals surface area contributed by atoms with E-state index in [-0.39, 0.29) is 30.5 Å². The molecule has 2 heterocycles. The number of amides is 1. The molecule has 130 valence electrons. The molecule has 0 unspecified atom stereocenters. The highest BCUT2D eigenvalue weighted by molar-refractivity contribution is 7.15. The van der Waals surface area contributed by atoms with Gasteiger partial charge < -0.3 is 10.1 Å². The summed E-state index contributed by atoms with van der Waals surface area (Å²) < 4.78 is 5.48. The van der Waals surface area contributed by atoms with Crippen molar-refractivity contribution in [1.29, 1.82) is 0 Å². The fourth-order valence-electron chi connectivity index (χ4n) is 2.41. The molecule has 1 fully saturated rings. The van der Waals surface area contributed by atoms with Crippen molar-refractivity contribution < 1.29 is 9.53 Å². The largest absolute Gasteiger partial charge is 0.375 e. The van der Waals surface area contributed by atoms with Gasteiger partial charge in [-0.2, -0.15) is 0 Å². The number of nitrogens with one attached hydrogen (secondary N) is 2. The summed E-state index contributed by atoms with van der Waals surface area (Å²) in [5, 5.41) is 16.1. The molecular formula is C15H18Cl2N4O2S. The van der Waals surface area contributed by atoms with Crippen molar-refractivity contribution in [3.63, 3.8) is 0 Å². The maximum Gasteiger partial charge on any atom is 0.246 e. The second-order valence-corrected chi connectivity index (χ2v) is 6.80. The molecule has 0 bridgehead atoms. The molecule has 1 aromatic heterocycles. The first kappa shape index (κ1) is 19.1. The maximum absolute atomic E-state index is 12.3. The second kappa shape index (κ2) is 8.73. The summed E-state index contributed by atoms with van der Waals surface area (Å²) in [6, 6.07) is 7.24. The number of ether oxygens (including phenoxy) is 1. The molecule has 1 amide bonds. The van der Waals surface area contributed by atoms with Crippen LogP contribution in [0.3, 0.4) is 0 Å². The third kappa shape index (κ3) is 4.87. The Bertz CT molecular complexity index is 698. The van der Waals surface area contributed by atoms with Gasteiger partial charge in [0.2, 0.25) is 11.0 Å². The van der Waals surface area contributed by atoms with Crippen molar-refractivity contribution in [2.24, 2.45) is 0 Å². The van der Waals surface area contributed by atoms with E-state index in [0.717, 1.165) is 10.6 Å². The van der Waals surface area contributed by atoms with Crippen molar-refractivity contribution in [2.45, 2.75) is 25.5 Å². The Hall–Kier alpha value is -1.25. The summed E-state index contributed by atoms with van der Waals surface area (Å²) in [6.07, 6.45) is 0.470. The second-order valence-electron chi connectivity index (χ2n) is 5.30. The van der Waals surface area contributed by atoms with Gasteiger partial charge in [0.15, 0.2) is 0 Å². The van der Waals surface area contributed by atoms with Gasteiger partial charge in [0.1, 0.15) is 11.0 Å². The van der Waals surface area contributed by atoms with Crippen LogP contribution < -0.4 is 10.6 Å². The average molecular weight is 389 g/mol. The van der Waals surface area contributed by atoms with Crippen LogP contribution in [0.5, 0.6) is 0 Å². The number of aromatic nitrogens is 2. The van der Waals surface area contributed by atoms with Gasteiger partial charge in [-0.3, -0.25) is 10.1 Å². The predicted octanol–water partition coefficient (Wildman–Crippen LogP) is 2.52. The molecule has 0 aliphatic carbocycles. The lowest BCUT2D eigenvalue weighted by molar-refractivity contribution is -0.123. The van der Waals surface area contributed by atoms with E-state index in [1.165, 1.54) is 11.3 Å². The zero-order valence-electron chi connectivity index (χ0n) is 13.0. The molecule has 9 heteroatoms. The number of carbonyl (C=O) groups is 1. The first-order valence-electron chi connectivity index (χ1n) is 7.34. The smallest absolute Gasteiger partial charge is 0.246 e. The molecule has 1 saturated heterocycles. The minimum absolute atomic E-state index is 0. The van der Waals surface area contributed by atoms with E-state index in [4.69, 9.17) is 16.3 Å². The number of anilines is 1. The lowest BCUT2D eigenvalue weighted by Gasteiger charge is -2.28. The van der Waals surface area contributed by atoms with Gasteiger partial charge in [-0.05, 0) is 24.6 Å². The number of hydrogen-bond donors (Lipinski definition) is 2. The van der Waals surface area contributed by atoms with Gasteiger partial charge in [-0.1, -0.05) is 35.1 Å². The summed E-state index contributed by atoms with van der Waals surface area (Å²) in [5.74, 6) is -0.150. The molecule has 1 aromatic carbocycles. The fourth-order valence-corrected chi connectivity index (χ4v) is 3.40. The molecule has 0 spiro atoms. The van der Waals surface area contributed by atoms with Crippen LogP contribution in [0.4, 0.5) is 5.13 Å². The van der Waals surface area contributed by atoms with Crippen molar-refractivity contribution in [3.05, 3.63) is 39.9 Å².